The first-order chi connectivity index (χ1) is 14.2. The predicted octanol–water partition coefficient (Wildman–Crippen LogP) is 0.883. The third kappa shape index (κ3) is 3.68. The number of hydrogen-bond acceptors (Lipinski definition) is 7. The van der Waals surface area contributed by atoms with E-state index in [9.17, 15) is 16.8 Å². The van der Waals surface area contributed by atoms with E-state index in [0.29, 0.717) is 42.5 Å². The normalized spacial score (nSPS) is 18.9. The van der Waals surface area contributed by atoms with Crippen LogP contribution in [0.25, 0.3) is 0 Å². The lowest BCUT2D eigenvalue weighted by Gasteiger charge is -2.23. The first-order valence-corrected chi connectivity index (χ1v) is 12.5. The van der Waals surface area contributed by atoms with Crippen LogP contribution in [-0.4, -0.2) is 75.0 Å². The molecule has 0 radical (unpaired) electrons. The Hall–Kier alpha value is -2.15. The Kier molecular flexibility index (Phi) is 5.51. The summed E-state index contributed by atoms with van der Waals surface area (Å²) < 4.78 is 66.1. The van der Waals surface area contributed by atoms with E-state index in [4.69, 9.17) is 9.47 Å². The topological polar surface area (TPSA) is 122 Å². The van der Waals surface area contributed by atoms with Crippen molar-refractivity contribution >= 4 is 20.0 Å². The molecule has 12 heteroatoms. The zero-order valence-corrected chi connectivity index (χ0v) is 18.4. The van der Waals surface area contributed by atoms with Gasteiger partial charge in [-0.1, -0.05) is 0 Å². The van der Waals surface area contributed by atoms with E-state index in [0.717, 1.165) is 0 Å². The van der Waals surface area contributed by atoms with Crippen molar-refractivity contribution in [2.24, 2.45) is 0 Å². The van der Waals surface area contributed by atoms with Gasteiger partial charge in [0.1, 0.15) is 18.1 Å². The molecule has 0 amide bonds. The maximum Gasteiger partial charge on any atom is 0.246 e. The highest BCUT2D eigenvalue weighted by Crippen LogP contribution is 2.33. The third-order valence-electron chi connectivity index (χ3n) is 5.22. The van der Waals surface area contributed by atoms with Crippen LogP contribution in [0.2, 0.25) is 0 Å². The molecule has 1 saturated heterocycles. The third-order valence-corrected chi connectivity index (χ3v) is 9.28. The smallest absolute Gasteiger partial charge is 0.246 e. The Labute approximate surface area is 175 Å². The molecule has 2 aliphatic heterocycles. The molecule has 164 valence electrons. The number of ether oxygens (including phenoxy) is 2. The number of H-pyrrole nitrogens is 1. The molecule has 0 spiro atoms. The summed E-state index contributed by atoms with van der Waals surface area (Å²) in [5, 5.41) is 6.66. The highest BCUT2D eigenvalue weighted by atomic mass is 32.2. The predicted molar refractivity (Wildman–Crippen MR) is 108 cm³/mol. The van der Waals surface area contributed by atoms with Crippen LogP contribution in [0.15, 0.2) is 28.0 Å². The van der Waals surface area contributed by atoms with E-state index < -0.39 is 20.0 Å². The fourth-order valence-electron chi connectivity index (χ4n) is 3.73. The summed E-state index contributed by atoms with van der Waals surface area (Å²) in [4.78, 5) is 0.259. The number of aromatic amines is 1. The fourth-order valence-corrected chi connectivity index (χ4v) is 7.02. The molecule has 0 saturated carbocycles. The van der Waals surface area contributed by atoms with Gasteiger partial charge in [0, 0.05) is 32.2 Å². The van der Waals surface area contributed by atoms with Crippen LogP contribution < -0.4 is 9.47 Å². The summed E-state index contributed by atoms with van der Waals surface area (Å²) in [5.74, 6) is 0.909. The maximum atomic E-state index is 13.2. The van der Waals surface area contributed by atoms with Crippen LogP contribution in [0.5, 0.6) is 11.5 Å². The van der Waals surface area contributed by atoms with Gasteiger partial charge in [0.15, 0.2) is 11.5 Å². The lowest BCUT2D eigenvalue weighted by molar-refractivity contribution is 0.171. The number of fused-ring (bicyclic) bond motifs is 1. The summed E-state index contributed by atoms with van der Waals surface area (Å²) in [6.45, 7) is 4.66. The summed E-state index contributed by atoms with van der Waals surface area (Å²) in [5.41, 5.74) is 0.870. The fraction of sp³-hybridized carbons (Fsp3) is 0.500. The molecule has 4 rings (SSSR count). The maximum absolute atomic E-state index is 13.2. The Bertz CT molecular complexity index is 1140. The van der Waals surface area contributed by atoms with Gasteiger partial charge in [-0.3, -0.25) is 5.10 Å². The zero-order valence-electron chi connectivity index (χ0n) is 16.8. The second kappa shape index (κ2) is 7.84. The van der Waals surface area contributed by atoms with Gasteiger partial charge in [-0.25, -0.2) is 16.8 Å². The summed E-state index contributed by atoms with van der Waals surface area (Å²) in [6, 6.07) is 4.53. The van der Waals surface area contributed by atoms with Gasteiger partial charge >= 0.3 is 0 Å². The lowest BCUT2D eigenvalue weighted by Crippen LogP contribution is -2.37. The van der Waals surface area contributed by atoms with Gasteiger partial charge in [-0.15, -0.1) is 0 Å². The molecule has 3 heterocycles. The average Bonchev–Trinajstić information content (AvgIpc) is 2.92. The van der Waals surface area contributed by atoms with Crippen molar-refractivity contribution in [1.82, 2.24) is 18.8 Å². The minimum atomic E-state index is -3.80. The molecule has 30 heavy (non-hydrogen) atoms. The molecular weight excluding hydrogens is 432 g/mol. The van der Waals surface area contributed by atoms with Gasteiger partial charge in [0.05, 0.1) is 16.3 Å². The number of nitrogens with zero attached hydrogens (tertiary/aromatic N) is 3. The quantitative estimate of drug-likeness (QED) is 0.725. The van der Waals surface area contributed by atoms with Crippen molar-refractivity contribution in [2.45, 2.75) is 30.1 Å². The molecule has 2 aliphatic rings. The van der Waals surface area contributed by atoms with Crippen molar-refractivity contribution in [3.63, 3.8) is 0 Å². The Morgan fingerprint density at radius 3 is 2.17 bits per heavy atom. The van der Waals surface area contributed by atoms with Gasteiger partial charge in [-0.05, 0) is 32.4 Å². The second-order valence-electron chi connectivity index (χ2n) is 7.23. The van der Waals surface area contributed by atoms with E-state index in [1.54, 1.807) is 19.9 Å². The number of sulfonamides is 2. The van der Waals surface area contributed by atoms with E-state index in [-0.39, 0.29) is 36.0 Å². The first-order valence-electron chi connectivity index (χ1n) is 9.63. The number of hydrogen-bond donors (Lipinski definition) is 1. The SMILES string of the molecule is Cc1n[nH]c(C)c1S(=O)(=O)N1CCCN(S(=O)(=O)c2ccc3c(c2)OCCO3)CC1. The molecule has 1 aromatic heterocycles. The molecule has 0 bridgehead atoms. The van der Waals surface area contributed by atoms with Crippen molar-refractivity contribution in [3.8, 4) is 11.5 Å². The molecule has 0 unspecified atom stereocenters. The zero-order chi connectivity index (χ0) is 21.5. The number of nitrogens with one attached hydrogen (secondary N) is 1. The molecule has 0 aliphatic carbocycles. The Morgan fingerprint density at radius 1 is 0.900 bits per heavy atom. The van der Waals surface area contributed by atoms with E-state index in [1.165, 1.54) is 20.7 Å². The highest BCUT2D eigenvalue weighted by Gasteiger charge is 2.34. The number of benzene rings is 1. The van der Waals surface area contributed by atoms with Crippen LogP contribution in [0.1, 0.15) is 17.8 Å². The summed E-state index contributed by atoms with van der Waals surface area (Å²) in [6.07, 6.45) is 0.388. The van der Waals surface area contributed by atoms with Crippen LogP contribution in [0.4, 0.5) is 0 Å². The molecule has 0 atom stereocenters. The number of aromatic nitrogens is 2. The molecule has 2 aromatic rings. The first kappa shape index (κ1) is 21.1. The number of rotatable bonds is 4. The summed E-state index contributed by atoms with van der Waals surface area (Å²) in [7, 11) is -7.57. The van der Waals surface area contributed by atoms with Gasteiger partial charge in [-0.2, -0.15) is 13.7 Å². The number of aryl methyl sites for hydroxylation is 2. The van der Waals surface area contributed by atoms with Crippen LogP contribution in [0.3, 0.4) is 0 Å². The van der Waals surface area contributed by atoms with E-state index in [2.05, 4.69) is 10.2 Å². The Balaban J connectivity index is 1.55. The van der Waals surface area contributed by atoms with E-state index in [1.807, 2.05) is 0 Å². The molecule has 1 N–H and O–H groups in total. The Morgan fingerprint density at radius 2 is 1.53 bits per heavy atom. The van der Waals surface area contributed by atoms with Crippen molar-refractivity contribution < 1.29 is 26.3 Å². The lowest BCUT2D eigenvalue weighted by atomic mass is 10.3. The second-order valence-corrected chi connectivity index (χ2v) is 11.0. The average molecular weight is 457 g/mol. The van der Waals surface area contributed by atoms with Crippen LogP contribution in [-0.2, 0) is 20.0 Å². The van der Waals surface area contributed by atoms with Crippen molar-refractivity contribution in [3.05, 3.63) is 29.6 Å². The van der Waals surface area contributed by atoms with Crippen molar-refractivity contribution in [1.29, 1.82) is 0 Å². The largest absolute Gasteiger partial charge is 0.486 e. The minimum Gasteiger partial charge on any atom is -0.486 e. The summed E-state index contributed by atoms with van der Waals surface area (Å²) >= 11 is 0. The van der Waals surface area contributed by atoms with Gasteiger partial charge in [0.25, 0.3) is 0 Å². The monoisotopic (exact) mass is 456 g/mol. The van der Waals surface area contributed by atoms with Gasteiger partial charge < -0.3 is 9.47 Å². The molecule has 1 fully saturated rings. The van der Waals surface area contributed by atoms with Gasteiger partial charge in [0.2, 0.25) is 20.0 Å². The van der Waals surface area contributed by atoms with Crippen LogP contribution >= 0.6 is 0 Å². The molecule has 1 aromatic carbocycles. The molecular formula is C18H24N4O6S2. The standard InChI is InChI=1S/C18H24N4O6S2/c1-13-18(14(2)20-19-13)30(25,26)22-7-3-6-21(8-9-22)29(23,24)15-4-5-16-17(12-15)28-11-10-27-16/h4-5,12H,3,6-11H2,1-2H3,(H,19,20). The van der Waals surface area contributed by atoms with E-state index >= 15 is 0 Å². The van der Waals surface area contributed by atoms with Crippen molar-refractivity contribution in [2.75, 3.05) is 39.4 Å². The highest BCUT2D eigenvalue weighted by molar-refractivity contribution is 7.89. The molecule has 10 nitrogen and oxygen atoms in total. The minimum absolute atomic E-state index is 0.0615. The van der Waals surface area contributed by atoms with Crippen LogP contribution in [0, 0.1) is 13.8 Å².